The molecular formula is C11H12BrN3O2S. The van der Waals surface area contributed by atoms with E-state index in [1.54, 1.807) is 17.3 Å². The molecule has 1 fully saturated rings. The maximum absolute atomic E-state index is 11.9. The van der Waals surface area contributed by atoms with Gasteiger partial charge in [-0.3, -0.25) is 14.5 Å². The lowest BCUT2D eigenvalue weighted by molar-refractivity contribution is -0.117. The number of hydrogen-bond donors (Lipinski definition) is 0. The number of carbonyl (C=O) groups excluding carboxylic acids is 2. The van der Waals surface area contributed by atoms with Crippen LogP contribution in [0.3, 0.4) is 0 Å². The number of thioether (sulfide) groups is 1. The molecule has 1 unspecified atom stereocenters. The van der Waals surface area contributed by atoms with Crippen LogP contribution in [0.4, 0.5) is 5.95 Å². The third-order valence-electron chi connectivity index (χ3n) is 2.58. The fraction of sp³-hybridized carbons (Fsp3) is 0.455. The Balaban J connectivity index is 2.00. The lowest BCUT2D eigenvalue weighted by Gasteiger charge is -2.13. The van der Waals surface area contributed by atoms with Crippen LogP contribution < -0.4 is 4.90 Å². The van der Waals surface area contributed by atoms with Crippen molar-refractivity contribution in [1.82, 2.24) is 9.97 Å². The first-order valence-corrected chi connectivity index (χ1v) is 7.25. The number of nitrogens with zero attached hydrogens (tertiary/aromatic N) is 3. The van der Waals surface area contributed by atoms with Crippen molar-refractivity contribution in [3.63, 3.8) is 0 Å². The molecule has 0 radical (unpaired) electrons. The summed E-state index contributed by atoms with van der Waals surface area (Å²) in [5, 5.41) is 0.0841. The first-order chi connectivity index (χ1) is 8.56. The summed E-state index contributed by atoms with van der Waals surface area (Å²) in [6.45, 7) is 2.12. The molecule has 1 aliphatic heterocycles. The van der Waals surface area contributed by atoms with E-state index in [1.165, 1.54) is 18.7 Å². The number of carbonyl (C=O) groups is 2. The van der Waals surface area contributed by atoms with Crippen LogP contribution in [0.15, 0.2) is 16.9 Å². The molecule has 1 saturated heterocycles. The first-order valence-electron chi connectivity index (χ1n) is 5.47. The lowest BCUT2D eigenvalue weighted by Crippen LogP contribution is -2.26. The second kappa shape index (κ2) is 5.79. The molecule has 0 aromatic carbocycles. The van der Waals surface area contributed by atoms with Gasteiger partial charge in [0.25, 0.3) is 0 Å². The Hall–Kier alpha value is -0.950. The molecule has 0 spiro atoms. The third kappa shape index (κ3) is 3.29. The Morgan fingerprint density at radius 3 is 2.83 bits per heavy atom. The number of rotatable bonds is 3. The van der Waals surface area contributed by atoms with Gasteiger partial charge in [-0.2, -0.15) is 0 Å². The summed E-state index contributed by atoms with van der Waals surface area (Å²) in [5.41, 5.74) is 0. The van der Waals surface area contributed by atoms with Gasteiger partial charge in [0.15, 0.2) is 5.12 Å². The monoisotopic (exact) mass is 329 g/mol. The zero-order valence-electron chi connectivity index (χ0n) is 9.80. The van der Waals surface area contributed by atoms with E-state index in [9.17, 15) is 9.59 Å². The van der Waals surface area contributed by atoms with Gasteiger partial charge in [0.1, 0.15) is 0 Å². The van der Waals surface area contributed by atoms with E-state index in [4.69, 9.17) is 0 Å². The molecular weight excluding hydrogens is 318 g/mol. The summed E-state index contributed by atoms with van der Waals surface area (Å²) >= 11 is 4.52. The van der Waals surface area contributed by atoms with Crippen molar-refractivity contribution in [3.05, 3.63) is 16.9 Å². The summed E-state index contributed by atoms with van der Waals surface area (Å²) < 4.78 is 0.779. The molecule has 1 amide bonds. The minimum Gasteiger partial charge on any atom is -0.288 e. The van der Waals surface area contributed by atoms with E-state index < -0.39 is 0 Å². The molecule has 96 valence electrons. The molecule has 7 heteroatoms. The van der Waals surface area contributed by atoms with Crippen molar-refractivity contribution in [2.75, 3.05) is 17.2 Å². The largest absolute Gasteiger partial charge is 0.288 e. The van der Waals surface area contributed by atoms with Gasteiger partial charge >= 0.3 is 0 Å². The Bertz CT molecular complexity index is 466. The van der Waals surface area contributed by atoms with Crippen LogP contribution in [0.5, 0.6) is 0 Å². The van der Waals surface area contributed by atoms with Crippen LogP contribution in [0, 0.1) is 5.92 Å². The van der Waals surface area contributed by atoms with Gasteiger partial charge in [-0.05, 0) is 21.8 Å². The van der Waals surface area contributed by atoms with Crippen LogP contribution in [-0.4, -0.2) is 33.3 Å². The van der Waals surface area contributed by atoms with Gasteiger partial charge in [-0.15, -0.1) is 0 Å². The highest BCUT2D eigenvalue weighted by atomic mass is 79.9. The molecule has 1 atom stereocenters. The molecule has 18 heavy (non-hydrogen) atoms. The second-order valence-corrected chi connectivity index (χ2v) is 6.19. The quantitative estimate of drug-likeness (QED) is 0.847. The normalized spacial score (nSPS) is 19.3. The fourth-order valence-electron chi connectivity index (χ4n) is 1.77. The first kappa shape index (κ1) is 13.5. The molecule has 0 aliphatic carbocycles. The fourth-order valence-corrected chi connectivity index (χ4v) is 2.67. The number of hydrogen-bond acceptors (Lipinski definition) is 5. The molecule has 2 heterocycles. The highest BCUT2D eigenvalue weighted by molar-refractivity contribution is 9.10. The van der Waals surface area contributed by atoms with Crippen molar-refractivity contribution in [3.8, 4) is 0 Å². The summed E-state index contributed by atoms with van der Waals surface area (Å²) in [6, 6.07) is 0. The standard InChI is InChI=1S/C11H12BrN3O2S/c1-7(16)18-6-8-2-10(17)15(5-8)11-13-3-9(12)4-14-11/h3-4,8H,2,5-6H2,1H3. The van der Waals surface area contributed by atoms with Gasteiger partial charge in [0, 0.05) is 38.0 Å². The summed E-state index contributed by atoms with van der Waals surface area (Å²) in [7, 11) is 0. The maximum atomic E-state index is 11.9. The smallest absolute Gasteiger partial charge is 0.232 e. The third-order valence-corrected chi connectivity index (χ3v) is 4.03. The van der Waals surface area contributed by atoms with E-state index in [0.717, 1.165) is 4.47 Å². The Labute approximate surface area is 117 Å². The average molecular weight is 330 g/mol. The number of amides is 1. The molecule has 0 N–H and O–H groups in total. The van der Waals surface area contributed by atoms with Gasteiger partial charge < -0.3 is 0 Å². The van der Waals surface area contributed by atoms with Crippen LogP contribution in [-0.2, 0) is 9.59 Å². The van der Waals surface area contributed by atoms with Crippen molar-refractivity contribution in [2.24, 2.45) is 5.92 Å². The second-order valence-electron chi connectivity index (χ2n) is 4.08. The van der Waals surface area contributed by atoms with E-state index in [1.807, 2.05) is 0 Å². The molecule has 0 bridgehead atoms. The topological polar surface area (TPSA) is 63.2 Å². The molecule has 5 nitrogen and oxygen atoms in total. The highest BCUT2D eigenvalue weighted by Crippen LogP contribution is 2.25. The van der Waals surface area contributed by atoms with Crippen molar-refractivity contribution < 1.29 is 9.59 Å². The van der Waals surface area contributed by atoms with Crippen LogP contribution in [0.2, 0.25) is 0 Å². The van der Waals surface area contributed by atoms with E-state index >= 15 is 0 Å². The zero-order chi connectivity index (χ0) is 13.1. The number of anilines is 1. The number of halogens is 1. The van der Waals surface area contributed by atoms with Crippen molar-refractivity contribution in [2.45, 2.75) is 13.3 Å². The summed E-state index contributed by atoms with van der Waals surface area (Å²) in [6.07, 6.45) is 3.69. The van der Waals surface area contributed by atoms with Crippen molar-refractivity contribution in [1.29, 1.82) is 0 Å². The molecule has 1 aromatic rings. The van der Waals surface area contributed by atoms with E-state index in [-0.39, 0.29) is 16.9 Å². The average Bonchev–Trinajstić information content (AvgIpc) is 2.69. The molecule has 0 saturated carbocycles. The van der Waals surface area contributed by atoms with Gasteiger partial charge in [-0.1, -0.05) is 11.8 Å². The lowest BCUT2D eigenvalue weighted by atomic mass is 10.1. The minimum absolute atomic E-state index is 0.0199. The van der Waals surface area contributed by atoms with E-state index in [0.29, 0.717) is 24.7 Å². The molecule has 1 aliphatic rings. The van der Waals surface area contributed by atoms with Gasteiger partial charge in [0.05, 0.1) is 4.47 Å². The molecule has 2 rings (SSSR count). The van der Waals surface area contributed by atoms with Crippen LogP contribution >= 0.6 is 27.7 Å². The van der Waals surface area contributed by atoms with Crippen molar-refractivity contribution >= 4 is 44.7 Å². The minimum atomic E-state index is 0.0199. The maximum Gasteiger partial charge on any atom is 0.232 e. The van der Waals surface area contributed by atoms with E-state index in [2.05, 4.69) is 25.9 Å². The van der Waals surface area contributed by atoms with Gasteiger partial charge in [-0.25, -0.2) is 9.97 Å². The van der Waals surface area contributed by atoms with Crippen LogP contribution in [0.25, 0.3) is 0 Å². The van der Waals surface area contributed by atoms with Gasteiger partial charge in [0.2, 0.25) is 11.9 Å². The Kier molecular flexibility index (Phi) is 4.34. The van der Waals surface area contributed by atoms with Crippen LogP contribution in [0.1, 0.15) is 13.3 Å². The SMILES string of the molecule is CC(=O)SCC1CC(=O)N(c2ncc(Br)cn2)C1. The highest BCUT2D eigenvalue weighted by Gasteiger charge is 2.32. The summed E-state index contributed by atoms with van der Waals surface area (Å²) in [5.74, 6) is 1.32. The Morgan fingerprint density at radius 1 is 1.56 bits per heavy atom. The zero-order valence-corrected chi connectivity index (χ0v) is 12.2. The Morgan fingerprint density at radius 2 is 2.22 bits per heavy atom. The molecule has 1 aromatic heterocycles. The summed E-state index contributed by atoms with van der Waals surface area (Å²) in [4.78, 5) is 32.6. The number of aromatic nitrogens is 2. The predicted molar refractivity (Wildman–Crippen MR) is 73.3 cm³/mol. The predicted octanol–water partition coefficient (Wildman–Crippen LogP) is 1.87.